The highest BCUT2D eigenvalue weighted by molar-refractivity contribution is 5.98. The molecule has 4 amide bonds. The van der Waals surface area contributed by atoms with Crippen LogP contribution in [0.4, 0.5) is 10.5 Å². The minimum Gasteiger partial charge on any atom is -0.456 e. The zero-order valence-electron chi connectivity index (χ0n) is 21.3. The van der Waals surface area contributed by atoms with Gasteiger partial charge in [0.1, 0.15) is 11.6 Å². The van der Waals surface area contributed by atoms with Gasteiger partial charge in [0.15, 0.2) is 0 Å². The smallest absolute Gasteiger partial charge is 0.338 e. The first kappa shape index (κ1) is 29.9. The number of carbonyl (C=O) groups excluding carboxylic acids is 4. The lowest BCUT2D eigenvalue weighted by molar-refractivity contribution is -0.128. The number of benzene rings is 1. The number of carbonyl (C=O) groups is 4. The van der Waals surface area contributed by atoms with Gasteiger partial charge in [-0.1, -0.05) is 13.8 Å². The van der Waals surface area contributed by atoms with E-state index in [2.05, 4.69) is 21.3 Å². The van der Waals surface area contributed by atoms with Crippen LogP contribution in [0.25, 0.3) is 0 Å². The van der Waals surface area contributed by atoms with E-state index < -0.39 is 35.6 Å². The molecule has 0 saturated carbocycles. The molecule has 8 N–H and O–H groups in total. The summed E-state index contributed by atoms with van der Waals surface area (Å²) in [5, 5.41) is 11.1. The van der Waals surface area contributed by atoms with Crippen molar-refractivity contribution < 1.29 is 23.9 Å². The minimum absolute atomic E-state index is 0.0258. The van der Waals surface area contributed by atoms with Gasteiger partial charge >= 0.3 is 12.0 Å². The molecular weight excluding hydrogens is 452 g/mol. The Labute approximate surface area is 207 Å². The number of amides is 4. The summed E-state index contributed by atoms with van der Waals surface area (Å²) >= 11 is 0. The molecule has 0 spiro atoms. The van der Waals surface area contributed by atoms with E-state index in [4.69, 9.17) is 16.2 Å². The van der Waals surface area contributed by atoms with Crippen molar-refractivity contribution in [2.45, 2.75) is 65.1 Å². The van der Waals surface area contributed by atoms with E-state index in [1.807, 2.05) is 13.8 Å². The molecule has 0 aromatic heterocycles. The van der Waals surface area contributed by atoms with Crippen molar-refractivity contribution in [3.05, 3.63) is 29.8 Å². The molecule has 2 atom stereocenters. The lowest BCUT2D eigenvalue weighted by Gasteiger charge is -2.25. The number of hydrogen-bond donors (Lipinski definition) is 6. The van der Waals surface area contributed by atoms with Crippen LogP contribution in [-0.4, -0.2) is 61.1 Å². The van der Waals surface area contributed by atoms with Crippen LogP contribution in [0.3, 0.4) is 0 Å². The van der Waals surface area contributed by atoms with Crippen LogP contribution in [0, 0.1) is 5.92 Å². The Bertz CT molecular complexity index is 851. The van der Waals surface area contributed by atoms with Crippen molar-refractivity contribution in [2.24, 2.45) is 17.4 Å². The Balaban J connectivity index is 2.91. The number of primary amides is 1. The summed E-state index contributed by atoms with van der Waals surface area (Å²) in [5.41, 5.74) is 10.8. The van der Waals surface area contributed by atoms with Crippen molar-refractivity contribution in [3.63, 3.8) is 0 Å². The molecule has 11 heteroatoms. The van der Waals surface area contributed by atoms with Crippen LogP contribution in [-0.2, 0) is 14.3 Å². The predicted octanol–water partition coefficient (Wildman–Crippen LogP) is 1.09. The van der Waals surface area contributed by atoms with Gasteiger partial charge in [0, 0.05) is 25.3 Å². The molecule has 1 aromatic rings. The van der Waals surface area contributed by atoms with E-state index in [-0.39, 0.29) is 24.8 Å². The lowest BCUT2D eigenvalue weighted by atomic mass is 10.0. The number of nitrogens with two attached hydrogens (primary N) is 2. The maximum absolute atomic E-state index is 13.0. The summed E-state index contributed by atoms with van der Waals surface area (Å²) in [4.78, 5) is 49.0. The minimum atomic E-state index is -0.858. The molecule has 196 valence electrons. The zero-order chi connectivity index (χ0) is 26.6. The molecule has 0 unspecified atom stereocenters. The van der Waals surface area contributed by atoms with Gasteiger partial charge in [-0.15, -0.1) is 0 Å². The van der Waals surface area contributed by atoms with Gasteiger partial charge in [0.05, 0.1) is 11.6 Å². The van der Waals surface area contributed by atoms with Gasteiger partial charge in [-0.2, -0.15) is 0 Å². The van der Waals surface area contributed by atoms with E-state index in [1.165, 1.54) is 0 Å². The number of urea groups is 1. The average molecular weight is 493 g/mol. The third kappa shape index (κ3) is 11.7. The second kappa shape index (κ2) is 14.3. The predicted molar refractivity (Wildman–Crippen MR) is 135 cm³/mol. The molecule has 0 fully saturated rings. The highest BCUT2D eigenvalue weighted by atomic mass is 16.6. The Morgan fingerprint density at radius 3 is 2.14 bits per heavy atom. The summed E-state index contributed by atoms with van der Waals surface area (Å²) in [6.07, 6.45) is 0.691. The molecule has 0 heterocycles. The molecule has 0 saturated heterocycles. The van der Waals surface area contributed by atoms with Crippen LogP contribution >= 0.6 is 0 Å². The van der Waals surface area contributed by atoms with Gasteiger partial charge in [0.25, 0.3) is 0 Å². The SMILES string of the molecule is CC(C)[C@H](NCCN)C(=O)N[C@@H](CCCNC(N)=O)C(=O)Nc1ccc(C(=O)OC(C)(C)C)cc1. The van der Waals surface area contributed by atoms with Crippen LogP contribution in [0.5, 0.6) is 0 Å². The topological polar surface area (TPSA) is 178 Å². The largest absolute Gasteiger partial charge is 0.456 e. The van der Waals surface area contributed by atoms with E-state index in [0.717, 1.165) is 0 Å². The summed E-state index contributed by atoms with van der Waals surface area (Å²) in [6.45, 7) is 10.2. The van der Waals surface area contributed by atoms with Gasteiger partial charge in [0.2, 0.25) is 11.8 Å². The fraction of sp³-hybridized carbons (Fsp3) is 0.583. The molecule has 1 aromatic carbocycles. The molecule has 0 radical (unpaired) electrons. The second-order valence-electron chi connectivity index (χ2n) is 9.53. The number of rotatable bonds is 13. The fourth-order valence-corrected chi connectivity index (χ4v) is 3.17. The fourth-order valence-electron chi connectivity index (χ4n) is 3.17. The molecule has 0 aliphatic carbocycles. The van der Waals surface area contributed by atoms with E-state index >= 15 is 0 Å². The number of ether oxygens (including phenoxy) is 1. The van der Waals surface area contributed by atoms with Gasteiger partial charge in [-0.3, -0.25) is 9.59 Å². The first-order valence-electron chi connectivity index (χ1n) is 11.8. The monoisotopic (exact) mass is 492 g/mol. The number of anilines is 1. The summed E-state index contributed by atoms with van der Waals surface area (Å²) in [5.74, 6) is -1.24. The van der Waals surface area contributed by atoms with Crippen molar-refractivity contribution >= 4 is 29.5 Å². The van der Waals surface area contributed by atoms with Crippen molar-refractivity contribution in [1.29, 1.82) is 0 Å². The first-order chi connectivity index (χ1) is 16.3. The molecule has 1 rings (SSSR count). The third-order valence-corrected chi connectivity index (χ3v) is 4.85. The average Bonchev–Trinajstić information content (AvgIpc) is 2.74. The van der Waals surface area contributed by atoms with Crippen LogP contribution in [0.1, 0.15) is 57.8 Å². The quantitative estimate of drug-likeness (QED) is 0.176. The summed E-state index contributed by atoms with van der Waals surface area (Å²) < 4.78 is 5.34. The van der Waals surface area contributed by atoms with Gasteiger partial charge < -0.3 is 37.5 Å². The van der Waals surface area contributed by atoms with Crippen molar-refractivity contribution in [2.75, 3.05) is 25.0 Å². The zero-order valence-corrected chi connectivity index (χ0v) is 21.3. The number of hydrogen-bond acceptors (Lipinski definition) is 7. The Kier molecular flexibility index (Phi) is 12.2. The Morgan fingerprint density at radius 1 is 1.00 bits per heavy atom. The first-order valence-corrected chi connectivity index (χ1v) is 11.8. The molecule has 0 aliphatic rings. The maximum Gasteiger partial charge on any atom is 0.338 e. The number of esters is 1. The van der Waals surface area contributed by atoms with Crippen molar-refractivity contribution in [1.82, 2.24) is 16.0 Å². The van der Waals surface area contributed by atoms with Crippen LogP contribution in [0.15, 0.2) is 24.3 Å². The van der Waals surface area contributed by atoms with Gasteiger partial charge in [-0.05, 0) is 63.8 Å². The van der Waals surface area contributed by atoms with Crippen LogP contribution in [0.2, 0.25) is 0 Å². The lowest BCUT2D eigenvalue weighted by Crippen LogP contribution is -2.54. The van der Waals surface area contributed by atoms with Gasteiger partial charge in [-0.25, -0.2) is 9.59 Å². The standard InChI is InChI=1S/C24H40N6O5/c1-15(2)19(27-14-12-25)21(32)30-18(7-6-13-28-23(26)34)20(31)29-17-10-8-16(9-11-17)22(33)35-24(3,4)5/h8-11,15,18-19,27H,6-7,12-14,25H2,1-5H3,(H,29,31)(H,30,32)(H3,26,28,34)/t18-,19-/m0/s1. The summed E-state index contributed by atoms with van der Waals surface area (Å²) in [7, 11) is 0. The Hall–Kier alpha value is -3.18. The molecule has 0 aliphatic heterocycles. The molecule has 0 bridgehead atoms. The highest BCUT2D eigenvalue weighted by Crippen LogP contribution is 2.15. The highest BCUT2D eigenvalue weighted by Gasteiger charge is 2.27. The van der Waals surface area contributed by atoms with E-state index in [1.54, 1.807) is 45.0 Å². The molecular formula is C24H40N6O5. The van der Waals surface area contributed by atoms with E-state index in [0.29, 0.717) is 30.8 Å². The molecule has 11 nitrogen and oxygen atoms in total. The number of nitrogens with one attached hydrogen (secondary N) is 4. The van der Waals surface area contributed by atoms with Crippen LogP contribution < -0.4 is 32.7 Å². The molecule has 35 heavy (non-hydrogen) atoms. The second-order valence-corrected chi connectivity index (χ2v) is 9.53. The van der Waals surface area contributed by atoms with E-state index in [9.17, 15) is 19.2 Å². The van der Waals surface area contributed by atoms with Crippen molar-refractivity contribution in [3.8, 4) is 0 Å². The summed E-state index contributed by atoms with van der Waals surface area (Å²) in [6, 6.07) is 4.24. The third-order valence-electron chi connectivity index (χ3n) is 4.85. The Morgan fingerprint density at radius 2 is 1.63 bits per heavy atom. The normalized spacial score (nSPS) is 13.0. The maximum atomic E-state index is 13.0.